The lowest BCUT2D eigenvalue weighted by molar-refractivity contribution is -0.159. The van der Waals surface area contributed by atoms with Crippen LogP contribution in [0.2, 0.25) is 0 Å². The molecule has 164 valence electrons. The van der Waals surface area contributed by atoms with Gasteiger partial charge in [-0.2, -0.15) is 23.3 Å². The molecule has 1 saturated heterocycles. The lowest BCUT2D eigenvalue weighted by Gasteiger charge is -2.38. The Bertz CT molecular complexity index is 1310. The molecule has 1 aromatic carbocycles. The van der Waals surface area contributed by atoms with Crippen molar-refractivity contribution in [1.29, 1.82) is 0 Å². The summed E-state index contributed by atoms with van der Waals surface area (Å²) in [5.41, 5.74) is 7.61. The van der Waals surface area contributed by atoms with Crippen LogP contribution in [0, 0.1) is 0 Å². The zero-order valence-electron chi connectivity index (χ0n) is 16.5. The van der Waals surface area contributed by atoms with Crippen LogP contribution in [0.1, 0.15) is 33.7 Å². The molecule has 4 aromatic rings. The fraction of sp³-hybridized carbons (Fsp3) is 0.250. The number of amides is 1. The minimum absolute atomic E-state index is 0.0136. The zero-order chi connectivity index (χ0) is 22.5. The second-order valence-electron chi connectivity index (χ2n) is 7.45. The largest absolute Gasteiger partial charge is 0.471 e. The third-order valence-corrected chi connectivity index (χ3v) is 5.27. The van der Waals surface area contributed by atoms with Gasteiger partial charge in [0.25, 0.3) is 5.91 Å². The van der Waals surface area contributed by atoms with Gasteiger partial charge >= 0.3 is 12.1 Å². The molecule has 9 nitrogen and oxygen atoms in total. The minimum Gasteiger partial charge on any atom is -0.384 e. The third kappa shape index (κ3) is 3.53. The van der Waals surface area contributed by atoms with Gasteiger partial charge in [0, 0.05) is 36.2 Å². The number of nitrogens with zero attached hydrogens (tertiary/aromatic N) is 6. The van der Waals surface area contributed by atoms with Crippen LogP contribution >= 0.6 is 0 Å². The van der Waals surface area contributed by atoms with E-state index in [1.807, 2.05) is 24.3 Å². The molecule has 0 saturated carbocycles. The van der Waals surface area contributed by atoms with Crippen molar-refractivity contribution in [3.05, 3.63) is 65.6 Å². The van der Waals surface area contributed by atoms with E-state index in [0.717, 1.165) is 16.6 Å². The van der Waals surface area contributed by atoms with E-state index in [1.165, 1.54) is 12.3 Å². The first-order valence-corrected chi connectivity index (χ1v) is 9.65. The van der Waals surface area contributed by atoms with Crippen LogP contribution in [0.25, 0.3) is 10.9 Å². The van der Waals surface area contributed by atoms with Crippen LogP contribution in [0.15, 0.2) is 47.1 Å². The number of para-hydroxylation sites is 1. The predicted octanol–water partition coefficient (Wildman–Crippen LogP) is 2.70. The molecule has 1 amide bonds. The highest BCUT2D eigenvalue weighted by Crippen LogP contribution is 2.33. The van der Waals surface area contributed by atoms with Gasteiger partial charge in [0.1, 0.15) is 12.4 Å². The maximum absolute atomic E-state index is 12.7. The molecule has 1 aliphatic heterocycles. The molecular weight excluding hydrogens is 427 g/mol. The average molecular weight is 443 g/mol. The van der Waals surface area contributed by atoms with Gasteiger partial charge < -0.3 is 15.2 Å². The predicted molar refractivity (Wildman–Crippen MR) is 105 cm³/mol. The molecule has 1 aliphatic rings. The first kappa shape index (κ1) is 20.0. The van der Waals surface area contributed by atoms with Crippen molar-refractivity contribution >= 4 is 22.6 Å². The van der Waals surface area contributed by atoms with Crippen LogP contribution in [0.3, 0.4) is 0 Å². The number of pyridine rings is 1. The van der Waals surface area contributed by atoms with E-state index in [9.17, 15) is 18.0 Å². The number of aromatic nitrogens is 5. The number of anilines is 1. The van der Waals surface area contributed by atoms with E-state index in [-0.39, 0.29) is 30.0 Å². The number of hydrogen-bond donors (Lipinski definition) is 1. The summed E-state index contributed by atoms with van der Waals surface area (Å²) in [5, 5.41) is 8.88. The van der Waals surface area contributed by atoms with Gasteiger partial charge in [0.05, 0.1) is 11.2 Å². The number of carbonyl (C=O) groups is 1. The smallest absolute Gasteiger partial charge is 0.384 e. The summed E-state index contributed by atoms with van der Waals surface area (Å²) >= 11 is 0. The normalized spacial score (nSPS) is 14.7. The van der Waals surface area contributed by atoms with E-state index >= 15 is 0 Å². The topological polar surface area (TPSA) is 116 Å². The minimum atomic E-state index is -4.70. The Hall–Kier alpha value is -3.96. The van der Waals surface area contributed by atoms with Gasteiger partial charge in [-0.1, -0.05) is 23.4 Å². The molecule has 0 unspecified atom stereocenters. The Morgan fingerprint density at radius 3 is 2.72 bits per heavy atom. The number of hydrogen-bond acceptors (Lipinski definition) is 7. The monoisotopic (exact) mass is 443 g/mol. The second kappa shape index (κ2) is 7.32. The summed E-state index contributed by atoms with van der Waals surface area (Å²) in [6.07, 6.45) is -3.22. The quantitative estimate of drug-likeness (QED) is 0.516. The highest BCUT2D eigenvalue weighted by atomic mass is 19.4. The first-order valence-electron chi connectivity index (χ1n) is 9.65. The van der Waals surface area contributed by atoms with Gasteiger partial charge in [0.15, 0.2) is 5.82 Å². The van der Waals surface area contributed by atoms with E-state index in [0.29, 0.717) is 18.7 Å². The van der Waals surface area contributed by atoms with E-state index in [2.05, 4.69) is 24.7 Å². The van der Waals surface area contributed by atoms with E-state index in [1.54, 1.807) is 15.6 Å². The Labute approximate surface area is 178 Å². The Morgan fingerprint density at radius 2 is 2.00 bits per heavy atom. The van der Waals surface area contributed by atoms with Crippen molar-refractivity contribution in [2.45, 2.75) is 18.6 Å². The van der Waals surface area contributed by atoms with Crippen molar-refractivity contribution in [3.8, 4) is 0 Å². The van der Waals surface area contributed by atoms with Crippen LogP contribution in [0.5, 0.6) is 0 Å². The number of nitrogen functional groups attached to an aromatic ring is 1. The highest BCUT2D eigenvalue weighted by molar-refractivity contribution is 5.95. The molecule has 3 aromatic heterocycles. The van der Waals surface area contributed by atoms with Gasteiger partial charge in [-0.3, -0.25) is 9.48 Å². The molecule has 0 bridgehead atoms. The van der Waals surface area contributed by atoms with E-state index in [4.69, 9.17) is 5.73 Å². The van der Waals surface area contributed by atoms with Crippen LogP contribution in [-0.2, 0) is 12.7 Å². The summed E-state index contributed by atoms with van der Waals surface area (Å²) < 4.78 is 44.1. The fourth-order valence-electron chi connectivity index (χ4n) is 3.72. The third-order valence-electron chi connectivity index (χ3n) is 5.27. The fourth-order valence-corrected chi connectivity index (χ4v) is 3.72. The summed E-state index contributed by atoms with van der Waals surface area (Å²) in [7, 11) is 0. The number of rotatable bonds is 4. The standard InChI is InChI=1S/C20H16F3N7O2/c21-20(22,23)19-26-16(28-32-19)10-30-14-4-2-1-3-13(14)17(27-30)12-8-29(9-12)18(31)11-5-6-25-15(24)7-11/h1-7,12H,8-10H2,(H2,24,25). The van der Waals surface area contributed by atoms with Crippen molar-refractivity contribution in [1.82, 2.24) is 29.8 Å². The SMILES string of the molecule is Nc1cc(C(=O)N2CC(c3nn(Cc4noc(C(F)(F)F)n4)c4ccccc34)C2)ccn1. The second-order valence-corrected chi connectivity index (χ2v) is 7.45. The van der Waals surface area contributed by atoms with Crippen LogP contribution in [-0.4, -0.2) is 48.8 Å². The highest BCUT2D eigenvalue weighted by Gasteiger charge is 2.39. The van der Waals surface area contributed by atoms with Crippen LogP contribution in [0.4, 0.5) is 19.0 Å². The number of benzene rings is 1. The Morgan fingerprint density at radius 1 is 1.22 bits per heavy atom. The molecule has 0 atom stereocenters. The number of alkyl halides is 3. The van der Waals surface area contributed by atoms with Gasteiger partial charge in [0.2, 0.25) is 0 Å². The summed E-state index contributed by atoms with van der Waals surface area (Å²) in [6.45, 7) is 0.844. The summed E-state index contributed by atoms with van der Waals surface area (Å²) in [6, 6.07) is 10.5. The zero-order valence-corrected chi connectivity index (χ0v) is 16.5. The summed E-state index contributed by atoms with van der Waals surface area (Å²) in [4.78, 5) is 21.6. The molecule has 0 spiro atoms. The number of carbonyl (C=O) groups excluding carboxylic acids is 1. The molecule has 4 heterocycles. The van der Waals surface area contributed by atoms with Crippen molar-refractivity contribution in [3.63, 3.8) is 0 Å². The molecule has 2 N–H and O–H groups in total. The number of nitrogens with two attached hydrogens (primary N) is 1. The molecule has 0 radical (unpaired) electrons. The maximum Gasteiger partial charge on any atom is 0.471 e. The first-order chi connectivity index (χ1) is 15.3. The molecule has 5 rings (SSSR count). The lowest BCUT2D eigenvalue weighted by atomic mass is 9.93. The molecule has 1 fully saturated rings. The van der Waals surface area contributed by atoms with E-state index < -0.39 is 12.1 Å². The van der Waals surface area contributed by atoms with Crippen molar-refractivity contribution in [2.75, 3.05) is 18.8 Å². The molecular formula is C20H16F3N7O2. The van der Waals surface area contributed by atoms with Gasteiger partial charge in [-0.15, -0.1) is 0 Å². The average Bonchev–Trinajstić information content (AvgIpc) is 3.33. The lowest BCUT2D eigenvalue weighted by Crippen LogP contribution is -2.48. The summed E-state index contributed by atoms with van der Waals surface area (Å²) in [5.74, 6) is -1.41. The molecule has 0 aliphatic carbocycles. The Balaban J connectivity index is 1.37. The van der Waals surface area contributed by atoms with Crippen molar-refractivity contribution in [2.24, 2.45) is 0 Å². The number of likely N-dealkylation sites (tertiary alicyclic amines) is 1. The van der Waals surface area contributed by atoms with Gasteiger partial charge in [-0.05, 0) is 18.2 Å². The van der Waals surface area contributed by atoms with Crippen LogP contribution < -0.4 is 5.73 Å². The van der Waals surface area contributed by atoms with Gasteiger partial charge in [-0.25, -0.2) is 4.98 Å². The number of fused-ring (bicyclic) bond motifs is 1. The Kier molecular flexibility index (Phi) is 4.57. The molecule has 32 heavy (non-hydrogen) atoms. The van der Waals surface area contributed by atoms with Crippen molar-refractivity contribution < 1.29 is 22.5 Å². The maximum atomic E-state index is 12.7. The number of halogens is 3. The molecule has 12 heteroatoms.